The first-order valence-corrected chi connectivity index (χ1v) is 8.05. The minimum absolute atomic E-state index is 0.338. The summed E-state index contributed by atoms with van der Waals surface area (Å²) in [6.45, 7) is 2.76. The second-order valence-electron chi connectivity index (χ2n) is 6.32. The fraction of sp³-hybridized carbons (Fsp3) is 0.263. The number of benzene rings is 2. The molecule has 6 heteroatoms. The summed E-state index contributed by atoms with van der Waals surface area (Å²) in [5.41, 5.74) is 0.370. The van der Waals surface area contributed by atoms with Gasteiger partial charge in [-0.1, -0.05) is 17.7 Å². The second kappa shape index (κ2) is 5.60. The highest BCUT2D eigenvalue weighted by Crippen LogP contribution is 2.40. The largest absolute Gasteiger partial charge is 0.486 e. The summed E-state index contributed by atoms with van der Waals surface area (Å²) >= 11 is 0. The zero-order chi connectivity index (χ0) is 17.6. The average Bonchev–Trinajstić information content (AvgIpc) is 2.85. The number of fused-ring (bicyclic) bond motifs is 2. The van der Waals surface area contributed by atoms with Crippen molar-refractivity contribution in [2.75, 3.05) is 18.5 Å². The van der Waals surface area contributed by atoms with E-state index in [1.807, 2.05) is 13.0 Å². The number of ketones is 1. The number of hydrogen-bond acceptors (Lipinski definition) is 5. The van der Waals surface area contributed by atoms with Crippen LogP contribution in [0.3, 0.4) is 0 Å². The topological polar surface area (TPSA) is 84.9 Å². The average molecular weight is 339 g/mol. The van der Waals surface area contributed by atoms with Gasteiger partial charge in [-0.05, 0) is 31.2 Å². The Kier molecular flexibility index (Phi) is 3.51. The van der Waals surface area contributed by atoms with Gasteiger partial charge in [0.2, 0.25) is 0 Å². The van der Waals surface area contributed by atoms with Crippen LogP contribution in [-0.2, 0) is 10.4 Å². The molecule has 0 bridgehead atoms. The predicted octanol–water partition coefficient (Wildman–Crippen LogP) is 2.18. The lowest BCUT2D eigenvalue weighted by Gasteiger charge is -2.21. The summed E-state index contributed by atoms with van der Waals surface area (Å²) in [6, 6.07) is 10.2. The third kappa shape index (κ3) is 2.55. The highest BCUT2D eigenvalue weighted by atomic mass is 16.6. The third-order valence-electron chi connectivity index (χ3n) is 4.53. The fourth-order valence-corrected chi connectivity index (χ4v) is 3.18. The number of aryl methyl sites for hydroxylation is 1. The minimum atomic E-state index is -1.87. The molecule has 4 rings (SSSR count). The first-order valence-electron chi connectivity index (χ1n) is 8.05. The Hall–Kier alpha value is -2.86. The van der Waals surface area contributed by atoms with Crippen LogP contribution in [0.25, 0.3) is 0 Å². The Labute approximate surface area is 144 Å². The number of carbonyl (C=O) groups excluding carboxylic acids is 2. The number of rotatable bonds is 3. The van der Waals surface area contributed by atoms with E-state index in [-0.39, 0.29) is 12.2 Å². The van der Waals surface area contributed by atoms with Gasteiger partial charge in [0.1, 0.15) is 13.2 Å². The van der Waals surface area contributed by atoms with Crippen LogP contribution in [-0.4, -0.2) is 30.0 Å². The Morgan fingerprint density at radius 3 is 2.72 bits per heavy atom. The molecule has 2 aromatic rings. The molecule has 2 aliphatic rings. The molecule has 0 aromatic heterocycles. The summed E-state index contributed by atoms with van der Waals surface area (Å²) < 4.78 is 10.9. The molecule has 6 nitrogen and oxygen atoms in total. The Morgan fingerprint density at radius 2 is 1.92 bits per heavy atom. The maximum absolute atomic E-state index is 12.7. The van der Waals surface area contributed by atoms with Crippen LogP contribution < -0.4 is 14.8 Å². The quantitative estimate of drug-likeness (QED) is 0.837. The van der Waals surface area contributed by atoms with Crippen molar-refractivity contribution < 1.29 is 24.2 Å². The molecule has 25 heavy (non-hydrogen) atoms. The molecule has 0 radical (unpaired) electrons. The van der Waals surface area contributed by atoms with Gasteiger partial charge in [-0.25, -0.2) is 0 Å². The zero-order valence-corrected chi connectivity index (χ0v) is 13.7. The van der Waals surface area contributed by atoms with Crippen molar-refractivity contribution in [3.8, 4) is 11.5 Å². The van der Waals surface area contributed by atoms with Crippen LogP contribution in [0, 0.1) is 6.92 Å². The van der Waals surface area contributed by atoms with E-state index in [4.69, 9.17) is 9.47 Å². The number of carbonyl (C=O) groups is 2. The van der Waals surface area contributed by atoms with Crippen molar-refractivity contribution >= 4 is 17.4 Å². The van der Waals surface area contributed by atoms with Gasteiger partial charge in [-0.3, -0.25) is 9.59 Å². The predicted molar refractivity (Wildman–Crippen MR) is 90.1 cm³/mol. The van der Waals surface area contributed by atoms with E-state index in [1.54, 1.807) is 30.3 Å². The van der Waals surface area contributed by atoms with Crippen molar-refractivity contribution in [2.45, 2.75) is 18.9 Å². The number of Topliss-reactive ketones (excluding diaryl/α,β-unsaturated/α-hetero) is 1. The van der Waals surface area contributed by atoms with Gasteiger partial charge in [0.25, 0.3) is 5.91 Å². The number of hydrogen-bond donors (Lipinski definition) is 2. The minimum Gasteiger partial charge on any atom is -0.486 e. The highest BCUT2D eigenvalue weighted by Gasteiger charge is 2.46. The number of anilines is 1. The monoisotopic (exact) mass is 339 g/mol. The van der Waals surface area contributed by atoms with Gasteiger partial charge >= 0.3 is 0 Å². The van der Waals surface area contributed by atoms with Gasteiger partial charge in [-0.2, -0.15) is 0 Å². The first kappa shape index (κ1) is 15.7. The number of ether oxygens (including phenoxy) is 2. The Balaban J connectivity index is 1.65. The molecule has 0 saturated carbocycles. The third-order valence-corrected chi connectivity index (χ3v) is 4.53. The van der Waals surface area contributed by atoms with E-state index in [1.165, 1.54) is 0 Å². The maximum atomic E-state index is 12.7. The molecular formula is C19H17NO5. The van der Waals surface area contributed by atoms with Gasteiger partial charge in [0, 0.05) is 16.8 Å². The molecule has 2 heterocycles. The molecule has 1 amide bonds. The van der Waals surface area contributed by atoms with Crippen LogP contribution >= 0.6 is 0 Å². The standard InChI is InChI=1S/C19H17NO5/c1-11-2-4-14-13(8-11)19(23,18(22)20-14)10-15(21)12-3-5-16-17(9-12)25-7-6-24-16/h2-5,8-9,23H,6-7,10H2,1H3,(H,20,22)/t19-/m0/s1. The van der Waals surface area contributed by atoms with Gasteiger partial charge < -0.3 is 19.9 Å². The van der Waals surface area contributed by atoms with E-state index in [9.17, 15) is 14.7 Å². The van der Waals surface area contributed by atoms with Crippen LogP contribution in [0.1, 0.15) is 27.9 Å². The molecule has 0 aliphatic carbocycles. The summed E-state index contributed by atoms with van der Waals surface area (Å²) in [7, 11) is 0. The van der Waals surface area contributed by atoms with E-state index in [0.29, 0.717) is 41.5 Å². The van der Waals surface area contributed by atoms with Crippen molar-refractivity contribution in [1.82, 2.24) is 0 Å². The van der Waals surface area contributed by atoms with Crippen LogP contribution in [0.2, 0.25) is 0 Å². The summed E-state index contributed by atoms with van der Waals surface area (Å²) in [4.78, 5) is 25.0. The SMILES string of the molecule is Cc1ccc2c(c1)[C@@](O)(CC(=O)c1ccc3c(c1)OCCO3)C(=O)N2. The first-order chi connectivity index (χ1) is 12.0. The number of amides is 1. The molecule has 1 atom stereocenters. The maximum Gasteiger partial charge on any atom is 0.261 e. The molecule has 2 N–H and O–H groups in total. The van der Waals surface area contributed by atoms with E-state index in [0.717, 1.165) is 5.56 Å². The summed E-state index contributed by atoms with van der Waals surface area (Å²) in [5, 5.41) is 13.6. The molecule has 0 spiro atoms. The Bertz CT molecular complexity index is 891. The summed E-state index contributed by atoms with van der Waals surface area (Å²) in [5.74, 6) is 0.153. The number of nitrogens with one attached hydrogen (secondary N) is 1. The Morgan fingerprint density at radius 1 is 1.16 bits per heavy atom. The van der Waals surface area contributed by atoms with Crippen LogP contribution in [0.5, 0.6) is 11.5 Å². The molecular weight excluding hydrogens is 322 g/mol. The molecule has 0 saturated heterocycles. The lowest BCUT2D eigenvalue weighted by atomic mass is 9.87. The van der Waals surface area contributed by atoms with Crippen molar-refractivity contribution in [2.24, 2.45) is 0 Å². The molecule has 0 unspecified atom stereocenters. The van der Waals surface area contributed by atoms with Crippen molar-refractivity contribution in [1.29, 1.82) is 0 Å². The van der Waals surface area contributed by atoms with Crippen molar-refractivity contribution in [3.05, 3.63) is 53.1 Å². The van der Waals surface area contributed by atoms with Gasteiger partial charge in [0.05, 0.1) is 6.42 Å². The smallest absolute Gasteiger partial charge is 0.261 e. The highest BCUT2D eigenvalue weighted by molar-refractivity contribution is 6.09. The van der Waals surface area contributed by atoms with E-state index >= 15 is 0 Å². The van der Waals surface area contributed by atoms with Crippen LogP contribution in [0.4, 0.5) is 5.69 Å². The lowest BCUT2D eigenvalue weighted by molar-refractivity contribution is -0.133. The van der Waals surface area contributed by atoms with E-state index < -0.39 is 11.5 Å². The molecule has 128 valence electrons. The summed E-state index contributed by atoms with van der Waals surface area (Å²) in [6.07, 6.45) is -0.338. The van der Waals surface area contributed by atoms with Crippen molar-refractivity contribution in [3.63, 3.8) is 0 Å². The zero-order valence-electron chi connectivity index (χ0n) is 13.7. The fourth-order valence-electron chi connectivity index (χ4n) is 3.18. The molecule has 2 aliphatic heterocycles. The second-order valence-corrected chi connectivity index (χ2v) is 6.32. The van der Waals surface area contributed by atoms with E-state index in [2.05, 4.69) is 5.32 Å². The normalized spacial score (nSPS) is 20.8. The van der Waals surface area contributed by atoms with Gasteiger partial charge in [0.15, 0.2) is 22.9 Å². The van der Waals surface area contributed by atoms with Crippen LogP contribution in [0.15, 0.2) is 36.4 Å². The van der Waals surface area contributed by atoms with Gasteiger partial charge in [-0.15, -0.1) is 0 Å². The lowest BCUT2D eigenvalue weighted by Crippen LogP contribution is -2.36. The molecule has 0 fully saturated rings. The molecule has 2 aromatic carbocycles. The number of aliphatic hydroxyl groups is 1.